The lowest BCUT2D eigenvalue weighted by Gasteiger charge is -2.28. The molecule has 2 rings (SSSR count). The number of halogens is 1. The molecule has 0 heterocycles. The van der Waals surface area contributed by atoms with E-state index in [1.807, 2.05) is 0 Å². The van der Waals surface area contributed by atoms with E-state index < -0.39 is 0 Å². The maximum atomic E-state index is 3.61. The Labute approximate surface area is 119 Å². The van der Waals surface area contributed by atoms with Gasteiger partial charge in [0.25, 0.3) is 0 Å². The van der Waals surface area contributed by atoms with Crippen LogP contribution in [0.3, 0.4) is 0 Å². The Morgan fingerprint density at radius 3 is 2.44 bits per heavy atom. The maximum absolute atomic E-state index is 3.61. The van der Waals surface area contributed by atoms with Crippen LogP contribution in [0.2, 0.25) is 0 Å². The Bertz CT molecular complexity index is 381. The van der Waals surface area contributed by atoms with E-state index in [1.165, 1.54) is 54.1 Å². The third-order valence-corrected chi connectivity index (χ3v) is 4.75. The van der Waals surface area contributed by atoms with E-state index in [0.29, 0.717) is 6.04 Å². The molecule has 0 bridgehead atoms. The molecule has 1 aromatic rings. The molecule has 1 unspecified atom stereocenters. The van der Waals surface area contributed by atoms with Crippen molar-refractivity contribution in [2.75, 3.05) is 7.05 Å². The molecule has 1 fully saturated rings. The first-order valence-electron chi connectivity index (χ1n) is 7.15. The van der Waals surface area contributed by atoms with Crippen LogP contribution in [0.15, 0.2) is 22.7 Å². The Kier molecular flexibility index (Phi) is 5.25. The smallest absolute Gasteiger partial charge is 0.0349 e. The van der Waals surface area contributed by atoms with Crippen molar-refractivity contribution in [2.45, 2.75) is 51.5 Å². The van der Waals surface area contributed by atoms with Crippen LogP contribution in [0.25, 0.3) is 0 Å². The predicted molar refractivity (Wildman–Crippen MR) is 81.9 cm³/mol. The lowest BCUT2D eigenvalue weighted by atomic mass is 9.85. The summed E-state index contributed by atoms with van der Waals surface area (Å²) >= 11 is 3.61. The van der Waals surface area contributed by atoms with Crippen molar-refractivity contribution in [1.29, 1.82) is 0 Å². The normalized spacial score (nSPS) is 19.5. The summed E-state index contributed by atoms with van der Waals surface area (Å²) in [6, 6.07) is 7.17. The third kappa shape index (κ3) is 3.36. The number of hydrogen-bond acceptors (Lipinski definition) is 1. The highest BCUT2D eigenvalue weighted by Crippen LogP contribution is 2.35. The van der Waals surface area contributed by atoms with Crippen LogP contribution in [-0.4, -0.2) is 7.05 Å². The first-order chi connectivity index (χ1) is 8.72. The molecule has 1 aliphatic carbocycles. The zero-order valence-corrected chi connectivity index (χ0v) is 13.1. The van der Waals surface area contributed by atoms with Crippen molar-refractivity contribution >= 4 is 15.9 Å². The van der Waals surface area contributed by atoms with E-state index in [9.17, 15) is 0 Å². The van der Waals surface area contributed by atoms with Gasteiger partial charge in [0.2, 0.25) is 0 Å². The summed E-state index contributed by atoms with van der Waals surface area (Å²) in [7, 11) is 2.11. The van der Waals surface area contributed by atoms with Gasteiger partial charge >= 0.3 is 0 Å². The fourth-order valence-electron chi connectivity index (χ4n) is 3.24. The zero-order chi connectivity index (χ0) is 13.0. The standard InChI is InChI=1S/C16H24BrN/c1-12-9-10-14(17)11-15(12)16(18-2)13-7-5-3-4-6-8-13/h9-11,13,16,18H,3-8H2,1-2H3. The Morgan fingerprint density at radius 1 is 1.17 bits per heavy atom. The van der Waals surface area contributed by atoms with Crippen molar-refractivity contribution in [3.8, 4) is 0 Å². The minimum atomic E-state index is 0.514. The summed E-state index contributed by atoms with van der Waals surface area (Å²) in [5, 5.41) is 3.56. The van der Waals surface area contributed by atoms with E-state index in [-0.39, 0.29) is 0 Å². The number of benzene rings is 1. The molecular weight excluding hydrogens is 286 g/mol. The van der Waals surface area contributed by atoms with E-state index in [0.717, 1.165) is 5.92 Å². The largest absolute Gasteiger partial charge is 0.313 e. The van der Waals surface area contributed by atoms with E-state index in [2.05, 4.69) is 53.4 Å². The van der Waals surface area contributed by atoms with Crippen molar-refractivity contribution in [3.63, 3.8) is 0 Å². The van der Waals surface area contributed by atoms with Crippen molar-refractivity contribution in [3.05, 3.63) is 33.8 Å². The monoisotopic (exact) mass is 309 g/mol. The van der Waals surface area contributed by atoms with Gasteiger partial charge < -0.3 is 5.32 Å². The second kappa shape index (κ2) is 6.72. The van der Waals surface area contributed by atoms with Crippen molar-refractivity contribution < 1.29 is 0 Å². The number of aryl methyl sites for hydroxylation is 1. The van der Waals surface area contributed by atoms with Crippen LogP contribution in [0, 0.1) is 12.8 Å². The highest BCUT2D eigenvalue weighted by atomic mass is 79.9. The first kappa shape index (κ1) is 14.1. The number of nitrogens with one attached hydrogen (secondary N) is 1. The highest BCUT2D eigenvalue weighted by molar-refractivity contribution is 9.10. The molecule has 1 aromatic carbocycles. The minimum absolute atomic E-state index is 0.514. The van der Waals surface area contributed by atoms with Gasteiger partial charge in [-0.15, -0.1) is 0 Å². The first-order valence-corrected chi connectivity index (χ1v) is 7.95. The number of rotatable bonds is 3. The molecule has 1 nitrogen and oxygen atoms in total. The number of hydrogen-bond donors (Lipinski definition) is 1. The fourth-order valence-corrected chi connectivity index (χ4v) is 3.61. The van der Waals surface area contributed by atoms with Gasteiger partial charge in [-0.3, -0.25) is 0 Å². The summed E-state index contributed by atoms with van der Waals surface area (Å²) < 4.78 is 1.19. The molecule has 2 heteroatoms. The fraction of sp³-hybridized carbons (Fsp3) is 0.625. The molecule has 0 aromatic heterocycles. The summed E-state index contributed by atoms with van der Waals surface area (Å²) in [4.78, 5) is 0. The van der Waals surface area contributed by atoms with Crippen LogP contribution in [0.1, 0.15) is 55.7 Å². The van der Waals surface area contributed by atoms with Crippen molar-refractivity contribution in [2.24, 2.45) is 5.92 Å². The van der Waals surface area contributed by atoms with Crippen LogP contribution in [-0.2, 0) is 0 Å². The molecule has 1 atom stereocenters. The average molecular weight is 310 g/mol. The zero-order valence-electron chi connectivity index (χ0n) is 11.5. The molecule has 100 valence electrons. The van der Waals surface area contributed by atoms with Gasteiger partial charge in [-0.2, -0.15) is 0 Å². The van der Waals surface area contributed by atoms with Gasteiger partial charge in [0, 0.05) is 10.5 Å². The quantitative estimate of drug-likeness (QED) is 0.776. The topological polar surface area (TPSA) is 12.0 Å². The Hall–Kier alpha value is -0.340. The van der Waals surface area contributed by atoms with Gasteiger partial charge in [-0.1, -0.05) is 47.7 Å². The van der Waals surface area contributed by atoms with Gasteiger partial charge in [0.1, 0.15) is 0 Å². The Balaban J connectivity index is 2.23. The van der Waals surface area contributed by atoms with Gasteiger partial charge in [-0.25, -0.2) is 0 Å². The minimum Gasteiger partial charge on any atom is -0.313 e. The summed E-state index contributed by atoms with van der Waals surface area (Å²) in [6.07, 6.45) is 8.38. The van der Waals surface area contributed by atoms with E-state index >= 15 is 0 Å². The lowest BCUT2D eigenvalue weighted by Crippen LogP contribution is -2.25. The van der Waals surface area contributed by atoms with Gasteiger partial charge in [0.15, 0.2) is 0 Å². The molecule has 18 heavy (non-hydrogen) atoms. The van der Waals surface area contributed by atoms with E-state index in [4.69, 9.17) is 0 Å². The van der Waals surface area contributed by atoms with E-state index in [1.54, 1.807) is 0 Å². The molecule has 0 amide bonds. The molecule has 0 saturated heterocycles. The highest BCUT2D eigenvalue weighted by Gasteiger charge is 2.24. The van der Waals surface area contributed by atoms with Crippen LogP contribution in [0.4, 0.5) is 0 Å². The SMILES string of the molecule is CNC(c1cc(Br)ccc1C)C1CCCCCC1. The van der Waals surface area contributed by atoms with Gasteiger partial charge in [-0.05, 0) is 56.0 Å². The Morgan fingerprint density at radius 2 is 1.83 bits per heavy atom. The van der Waals surface area contributed by atoms with Gasteiger partial charge in [0.05, 0.1) is 0 Å². The molecule has 0 spiro atoms. The van der Waals surface area contributed by atoms with Crippen LogP contribution < -0.4 is 5.32 Å². The van der Waals surface area contributed by atoms with Crippen LogP contribution in [0.5, 0.6) is 0 Å². The maximum Gasteiger partial charge on any atom is 0.0349 e. The average Bonchev–Trinajstić information content (AvgIpc) is 2.64. The molecule has 0 radical (unpaired) electrons. The lowest BCUT2D eigenvalue weighted by molar-refractivity contribution is 0.340. The van der Waals surface area contributed by atoms with Crippen molar-refractivity contribution in [1.82, 2.24) is 5.32 Å². The molecule has 1 N–H and O–H groups in total. The third-order valence-electron chi connectivity index (χ3n) is 4.26. The summed E-state index contributed by atoms with van der Waals surface area (Å²) in [5.41, 5.74) is 2.88. The predicted octanol–water partition coefficient (Wildman–Crippen LogP) is 4.99. The second-order valence-electron chi connectivity index (χ2n) is 5.52. The van der Waals surface area contributed by atoms with Crippen LogP contribution >= 0.6 is 15.9 Å². The molecule has 0 aliphatic heterocycles. The second-order valence-corrected chi connectivity index (χ2v) is 6.43. The molecular formula is C16H24BrN. The summed E-state index contributed by atoms with van der Waals surface area (Å²) in [6.45, 7) is 2.23. The molecule has 1 aliphatic rings. The molecule has 1 saturated carbocycles. The summed E-state index contributed by atoms with van der Waals surface area (Å²) in [5.74, 6) is 0.797.